The summed E-state index contributed by atoms with van der Waals surface area (Å²) in [5.74, 6) is -0.0642. The van der Waals surface area contributed by atoms with Crippen LogP contribution in [0.3, 0.4) is 0 Å². The molecule has 3 N–H and O–H groups in total. The van der Waals surface area contributed by atoms with Crippen LogP contribution >= 0.6 is 0 Å². The van der Waals surface area contributed by atoms with Gasteiger partial charge in [0.15, 0.2) is 9.84 Å². The molecule has 28 heavy (non-hydrogen) atoms. The Labute approximate surface area is 165 Å². The van der Waals surface area contributed by atoms with E-state index in [-0.39, 0.29) is 16.4 Å². The van der Waals surface area contributed by atoms with Gasteiger partial charge in [-0.05, 0) is 47.9 Å². The Kier molecular flexibility index (Phi) is 5.69. The number of sulfone groups is 1. The lowest BCUT2D eigenvalue weighted by atomic mass is 10.0. The van der Waals surface area contributed by atoms with Crippen LogP contribution < -0.4 is 10.0 Å². The van der Waals surface area contributed by atoms with Crippen molar-refractivity contribution < 1.29 is 21.9 Å². The van der Waals surface area contributed by atoms with Crippen LogP contribution in [0.5, 0.6) is 0 Å². The van der Waals surface area contributed by atoms with Crippen molar-refractivity contribution in [3.8, 4) is 0 Å². The van der Waals surface area contributed by atoms with Crippen LogP contribution in [-0.2, 0) is 19.9 Å². The van der Waals surface area contributed by atoms with Crippen LogP contribution in [0.25, 0.3) is 0 Å². The van der Waals surface area contributed by atoms with Gasteiger partial charge in [0.05, 0.1) is 28.5 Å². The van der Waals surface area contributed by atoms with E-state index in [2.05, 4.69) is 10.0 Å². The molecule has 1 fully saturated rings. The summed E-state index contributed by atoms with van der Waals surface area (Å²) < 4.78 is 50.7. The third-order valence-corrected chi connectivity index (χ3v) is 7.78. The number of benzene rings is 2. The number of aliphatic hydroxyl groups is 1. The van der Waals surface area contributed by atoms with Gasteiger partial charge < -0.3 is 10.4 Å². The molecule has 2 atom stereocenters. The third-order valence-electron chi connectivity index (χ3n) is 4.67. The van der Waals surface area contributed by atoms with Gasteiger partial charge in [-0.3, -0.25) is 4.72 Å². The number of hydrogen-bond donors (Lipinski definition) is 3. The maximum absolute atomic E-state index is 12.5. The predicted molar refractivity (Wildman–Crippen MR) is 110 cm³/mol. The molecule has 7 nitrogen and oxygen atoms in total. The molecule has 1 aliphatic heterocycles. The van der Waals surface area contributed by atoms with E-state index in [1.807, 2.05) is 13.8 Å². The van der Waals surface area contributed by atoms with Crippen molar-refractivity contribution in [1.82, 2.24) is 0 Å². The minimum atomic E-state index is -3.70. The molecule has 2 aromatic carbocycles. The highest BCUT2D eigenvalue weighted by atomic mass is 32.2. The first-order valence-electron chi connectivity index (χ1n) is 8.94. The standard InChI is InChI=1S/C19H24N2O5S2/c1-13(2)14-3-9-17(10-4-14)28(25,26)21-16-7-5-15(6-8-16)20-18-11-27(23,24)12-19(18)22/h3-10,13,18-22H,11-12H2,1-2H3/t18-,19-/m0/s1. The summed E-state index contributed by atoms with van der Waals surface area (Å²) in [6.45, 7) is 4.08. The molecule has 0 aromatic heterocycles. The molecule has 0 saturated carbocycles. The first-order valence-corrected chi connectivity index (χ1v) is 12.2. The molecule has 0 aliphatic carbocycles. The summed E-state index contributed by atoms with van der Waals surface area (Å²) in [6, 6.07) is 12.6. The molecule has 0 unspecified atom stereocenters. The third kappa shape index (κ3) is 4.84. The number of sulfonamides is 1. The van der Waals surface area contributed by atoms with Crippen LogP contribution in [0.15, 0.2) is 53.4 Å². The van der Waals surface area contributed by atoms with Crippen molar-refractivity contribution in [1.29, 1.82) is 0 Å². The Morgan fingerprint density at radius 2 is 1.54 bits per heavy atom. The molecule has 2 aromatic rings. The van der Waals surface area contributed by atoms with Gasteiger partial charge in [0.25, 0.3) is 10.0 Å². The molecule has 1 aliphatic rings. The van der Waals surface area contributed by atoms with Gasteiger partial charge in [0.1, 0.15) is 0 Å². The van der Waals surface area contributed by atoms with Gasteiger partial charge in [0, 0.05) is 11.4 Å². The number of rotatable bonds is 6. The zero-order chi connectivity index (χ0) is 20.5. The Morgan fingerprint density at radius 3 is 2.04 bits per heavy atom. The largest absolute Gasteiger partial charge is 0.390 e. The van der Waals surface area contributed by atoms with Crippen molar-refractivity contribution in [2.45, 2.75) is 36.8 Å². The second kappa shape index (κ2) is 7.73. The van der Waals surface area contributed by atoms with Crippen molar-refractivity contribution in [3.63, 3.8) is 0 Å². The van der Waals surface area contributed by atoms with E-state index >= 15 is 0 Å². The Bertz CT molecular complexity index is 1030. The summed E-state index contributed by atoms with van der Waals surface area (Å²) in [5, 5.41) is 12.8. The average Bonchev–Trinajstić information content (AvgIpc) is 2.88. The zero-order valence-corrected chi connectivity index (χ0v) is 17.3. The molecule has 0 spiro atoms. The van der Waals surface area contributed by atoms with Crippen molar-refractivity contribution >= 4 is 31.2 Å². The van der Waals surface area contributed by atoms with E-state index in [1.165, 1.54) is 0 Å². The molecule has 1 heterocycles. The van der Waals surface area contributed by atoms with Crippen LogP contribution in [0.2, 0.25) is 0 Å². The fraction of sp³-hybridized carbons (Fsp3) is 0.368. The van der Waals surface area contributed by atoms with Crippen molar-refractivity contribution in [2.24, 2.45) is 0 Å². The average molecular weight is 425 g/mol. The highest BCUT2D eigenvalue weighted by molar-refractivity contribution is 7.92. The van der Waals surface area contributed by atoms with E-state index in [1.54, 1.807) is 48.5 Å². The van der Waals surface area contributed by atoms with E-state index < -0.39 is 32.0 Å². The Balaban J connectivity index is 1.68. The summed E-state index contributed by atoms with van der Waals surface area (Å²) in [7, 11) is -6.95. The first-order chi connectivity index (χ1) is 13.1. The number of hydrogen-bond acceptors (Lipinski definition) is 6. The number of aliphatic hydroxyl groups excluding tert-OH is 1. The minimum absolute atomic E-state index is 0.130. The van der Waals surface area contributed by atoms with Gasteiger partial charge in [-0.1, -0.05) is 26.0 Å². The summed E-state index contributed by atoms with van der Waals surface area (Å²) in [4.78, 5) is 0.179. The van der Waals surface area contributed by atoms with Gasteiger partial charge in [-0.2, -0.15) is 0 Å². The molecule has 0 bridgehead atoms. The van der Waals surface area contributed by atoms with Gasteiger partial charge in [0.2, 0.25) is 0 Å². The van der Waals surface area contributed by atoms with E-state index in [4.69, 9.17) is 0 Å². The monoisotopic (exact) mass is 424 g/mol. The number of anilines is 2. The maximum Gasteiger partial charge on any atom is 0.261 e. The normalized spacial score (nSPS) is 21.6. The smallest absolute Gasteiger partial charge is 0.261 e. The van der Waals surface area contributed by atoms with Gasteiger partial charge in [-0.15, -0.1) is 0 Å². The van der Waals surface area contributed by atoms with Gasteiger partial charge >= 0.3 is 0 Å². The highest BCUT2D eigenvalue weighted by Crippen LogP contribution is 2.23. The van der Waals surface area contributed by atoms with Crippen LogP contribution in [0.1, 0.15) is 25.3 Å². The van der Waals surface area contributed by atoms with Crippen LogP contribution in [-0.4, -0.2) is 45.6 Å². The lowest BCUT2D eigenvalue weighted by Crippen LogP contribution is -2.31. The Hall–Kier alpha value is -2.10. The van der Waals surface area contributed by atoms with E-state index in [9.17, 15) is 21.9 Å². The lowest BCUT2D eigenvalue weighted by Gasteiger charge is -2.16. The van der Waals surface area contributed by atoms with Crippen LogP contribution in [0, 0.1) is 0 Å². The fourth-order valence-corrected chi connectivity index (χ4v) is 5.86. The van der Waals surface area contributed by atoms with E-state index in [0.717, 1.165) is 5.56 Å². The van der Waals surface area contributed by atoms with Crippen LogP contribution in [0.4, 0.5) is 11.4 Å². The van der Waals surface area contributed by atoms with Gasteiger partial charge in [-0.25, -0.2) is 16.8 Å². The molecule has 3 rings (SSSR count). The second-order valence-corrected chi connectivity index (χ2v) is 11.1. The topological polar surface area (TPSA) is 113 Å². The SMILES string of the molecule is CC(C)c1ccc(S(=O)(=O)Nc2ccc(N[C@H]3CS(=O)(=O)C[C@@H]3O)cc2)cc1. The lowest BCUT2D eigenvalue weighted by molar-refractivity contribution is 0.190. The molecule has 1 saturated heterocycles. The molecular formula is C19H24N2O5S2. The van der Waals surface area contributed by atoms with Crippen molar-refractivity contribution in [3.05, 3.63) is 54.1 Å². The maximum atomic E-state index is 12.5. The summed E-state index contributed by atoms with van der Waals surface area (Å²) in [6.07, 6.45) is -0.961. The molecule has 152 valence electrons. The number of nitrogens with one attached hydrogen (secondary N) is 2. The highest BCUT2D eigenvalue weighted by Gasteiger charge is 2.36. The zero-order valence-electron chi connectivity index (χ0n) is 15.7. The fourth-order valence-electron chi connectivity index (χ4n) is 3.06. The Morgan fingerprint density at radius 1 is 0.964 bits per heavy atom. The van der Waals surface area contributed by atoms with Crippen molar-refractivity contribution in [2.75, 3.05) is 21.5 Å². The first kappa shape index (κ1) is 20.6. The summed E-state index contributed by atoms with van der Waals surface area (Å²) in [5.41, 5.74) is 2.05. The van der Waals surface area contributed by atoms with E-state index in [0.29, 0.717) is 17.3 Å². The quantitative estimate of drug-likeness (QED) is 0.655. The predicted octanol–water partition coefficient (Wildman–Crippen LogP) is 2.18. The molecular weight excluding hydrogens is 400 g/mol. The summed E-state index contributed by atoms with van der Waals surface area (Å²) >= 11 is 0. The molecule has 0 radical (unpaired) electrons. The molecule has 9 heteroatoms. The second-order valence-electron chi connectivity index (χ2n) is 7.30. The molecule has 0 amide bonds. The minimum Gasteiger partial charge on any atom is -0.390 e.